The number of amides is 1. The molecule has 0 aliphatic carbocycles. The summed E-state index contributed by atoms with van der Waals surface area (Å²) in [5.74, 6) is -0.545. The van der Waals surface area contributed by atoms with Crippen molar-refractivity contribution >= 4 is 40.6 Å². The number of carbonyl (C=O) groups is 2. The highest BCUT2D eigenvalue weighted by Crippen LogP contribution is 2.44. The number of methoxy groups -OCH3 is 1. The number of para-hydroxylation sites is 1. The van der Waals surface area contributed by atoms with E-state index in [-0.39, 0.29) is 23.9 Å². The number of rotatable bonds is 7. The maximum absolute atomic E-state index is 12.7. The predicted molar refractivity (Wildman–Crippen MR) is 169 cm³/mol. The molecule has 1 aliphatic heterocycles. The van der Waals surface area contributed by atoms with Gasteiger partial charge in [0.05, 0.1) is 36.1 Å². The van der Waals surface area contributed by atoms with Crippen molar-refractivity contribution in [2.75, 3.05) is 17.3 Å². The van der Waals surface area contributed by atoms with E-state index in [0.717, 1.165) is 45.3 Å². The molecule has 3 heterocycles. The Morgan fingerprint density at radius 1 is 1.02 bits per heavy atom. The fourth-order valence-corrected chi connectivity index (χ4v) is 5.92. The number of esters is 1. The maximum Gasteiger partial charge on any atom is 0.339 e. The number of nitrogens with zero attached hydrogens (tertiary/aromatic N) is 3. The molecular formula is C33H35N5O3S. The van der Waals surface area contributed by atoms with E-state index in [1.807, 2.05) is 82.3 Å². The number of ether oxygens (including phenoxy) is 1. The van der Waals surface area contributed by atoms with Crippen LogP contribution >= 0.6 is 12.2 Å². The number of thiocarbonyl (C=S) groups is 1. The Bertz CT molecular complexity index is 1660. The van der Waals surface area contributed by atoms with Crippen LogP contribution in [0.25, 0.3) is 5.69 Å². The summed E-state index contributed by atoms with van der Waals surface area (Å²) < 4.78 is 7.17. The summed E-state index contributed by atoms with van der Waals surface area (Å²) in [5, 5.41) is 7.12. The largest absolute Gasteiger partial charge is 0.465 e. The van der Waals surface area contributed by atoms with E-state index in [1.165, 1.54) is 7.11 Å². The van der Waals surface area contributed by atoms with Crippen molar-refractivity contribution < 1.29 is 14.3 Å². The van der Waals surface area contributed by atoms with Crippen molar-refractivity contribution in [1.82, 2.24) is 14.9 Å². The number of anilines is 2. The fraction of sp³-hybridized carbons (Fsp3) is 0.273. The van der Waals surface area contributed by atoms with Crippen molar-refractivity contribution in [3.63, 3.8) is 0 Å². The lowest BCUT2D eigenvalue weighted by atomic mass is 9.96. The zero-order valence-electron chi connectivity index (χ0n) is 24.6. The molecule has 1 saturated heterocycles. The summed E-state index contributed by atoms with van der Waals surface area (Å²) in [6.07, 6.45) is 1.78. The Balaban J connectivity index is 1.64. The fourth-order valence-electron chi connectivity index (χ4n) is 5.57. The number of nitrogens with one attached hydrogen (secondary N) is 2. The first-order chi connectivity index (χ1) is 20.1. The van der Waals surface area contributed by atoms with Gasteiger partial charge in [-0.25, -0.2) is 4.79 Å². The SMILES string of the molecule is COC(=O)c1ccccc1-n1c(C)cc([C@@H]2[C@@H](c3ccccn3)NC(=S)N2c2ccc(NC(=O)C(C)C)c(C)c2)c1C. The average Bonchev–Trinajstić information content (AvgIpc) is 3.48. The molecule has 0 bridgehead atoms. The summed E-state index contributed by atoms with van der Waals surface area (Å²) in [7, 11) is 1.39. The Morgan fingerprint density at radius 3 is 2.43 bits per heavy atom. The van der Waals surface area contributed by atoms with Crippen molar-refractivity contribution in [3.05, 3.63) is 107 Å². The molecule has 216 valence electrons. The lowest BCUT2D eigenvalue weighted by Crippen LogP contribution is -2.29. The third kappa shape index (κ3) is 5.27. The van der Waals surface area contributed by atoms with Gasteiger partial charge >= 0.3 is 5.97 Å². The van der Waals surface area contributed by atoms with Gasteiger partial charge in [-0.15, -0.1) is 0 Å². The van der Waals surface area contributed by atoms with E-state index < -0.39 is 5.97 Å². The van der Waals surface area contributed by atoms with Crippen LogP contribution in [0.3, 0.4) is 0 Å². The summed E-state index contributed by atoms with van der Waals surface area (Å²) in [4.78, 5) is 31.8. The van der Waals surface area contributed by atoms with Gasteiger partial charge in [-0.3, -0.25) is 9.78 Å². The van der Waals surface area contributed by atoms with Gasteiger partial charge in [-0.05, 0) is 92.6 Å². The zero-order chi connectivity index (χ0) is 30.1. The third-order valence-corrected chi connectivity index (χ3v) is 8.02. The van der Waals surface area contributed by atoms with Gasteiger partial charge in [0.15, 0.2) is 5.11 Å². The van der Waals surface area contributed by atoms with Crippen LogP contribution in [0.15, 0.2) is 72.9 Å². The molecule has 5 rings (SSSR count). The molecule has 0 saturated carbocycles. The molecule has 2 aromatic heterocycles. The molecule has 0 radical (unpaired) electrons. The molecule has 1 aliphatic rings. The molecule has 9 heteroatoms. The normalized spacial score (nSPS) is 16.5. The Labute approximate surface area is 251 Å². The Morgan fingerprint density at radius 2 is 1.76 bits per heavy atom. The van der Waals surface area contributed by atoms with E-state index in [2.05, 4.69) is 38.1 Å². The molecule has 2 atom stereocenters. The van der Waals surface area contributed by atoms with Crippen LogP contribution in [-0.2, 0) is 9.53 Å². The molecule has 4 aromatic rings. The summed E-state index contributed by atoms with van der Waals surface area (Å²) in [6.45, 7) is 9.81. The smallest absolute Gasteiger partial charge is 0.339 e. The molecule has 42 heavy (non-hydrogen) atoms. The van der Waals surface area contributed by atoms with E-state index in [9.17, 15) is 9.59 Å². The molecule has 1 fully saturated rings. The Hall–Kier alpha value is -4.50. The van der Waals surface area contributed by atoms with Crippen LogP contribution in [0.5, 0.6) is 0 Å². The minimum absolute atomic E-state index is 0.0306. The molecule has 2 N–H and O–H groups in total. The second kappa shape index (κ2) is 11.8. The van der Waals surface area contributed by atoms with Crippen LogP contribution in [0.2, 0.25) is 0 Å². The highest BCUT2D eigenvalue weighted by molar-refractivity contribution is 7.80. The standard InChI is InChI=1S/C33H35N5O3S/c1-19(2)31(39)35-26-15-14-23(17-20(26)3)38-30(29(36-33(38)42)27-12-9-10-16-34-27)25-18-21(4)37(22(25)5)28-13-8-7-11-24(28)32(40)41-6/h7-19,29-30H,1-6H3,(H,35,39)(H,36,42)/t29-,30-/m1/s1. The predicted octanol–water partition coefficient (Wildman–Crippen LogP) is 6.36. The van der Waals surface area contributed by atoms with Crippen molar-refractivity contribution in [2.24, 2.45) is 5.92 Å². The van der Waals surface area contributed by atoms with E-state index >= 15 is 0 Å². The van der Waals surface area contributed by atoms with E-state index in [4.69, 9.17) is 17.0 Å². The number of hydrogen-bond acceptors (Lipinski definition) is 5. The minimum atomic E-state index is -0.392. The Kier molecular flexibility index (Phi) is 8.13. The molecule has 0 spiro atoms. The summed E-state index contributed by atoms with van der Waals surface area (Å²) in [6, 6.07) is 20.9. The number of aryl methyl sites for hydroxylation is 2. The van der Waals surface area contributed by atoms with Crippen molar-refractivity contribution in [3.8, 4) is 5.69 Å². The van der Waals surface area contributed by atoms with Gasteiger partial charge in [-0.1, -0.05) is 32.0 Å². The maximum atomic E-state index is 12.7. The highest BCUT2D eigenvalue weighted by atomic mass is 32.1. The van der Waals surface area contributed by atoms with Gasteiger partial charge < -0.3 is 24.8 Å². The number of benzene rings is 2. The zero-order valence-corrected chi connectivity index (χ0v) is 25.5. The van der Waals surface area contributed by atoms with E-state index in [0.29, 0.717) is 10.7 Å². The number of pyridine rings is 1. The van der Waals surface area contributed by atoms with Gasteiger partial charge in [0, 0.05) is 34.9 Å². The first-order valence-corrected chi connectivity index (χ1v) is 14.3. The van der Waals surface area contributed by atoms with Gasteiger partial charge in [0.1, 0.15) is 0 Å². The van der Waals surface area contributed by atoms with Crippen molar-refractivity contribution in [2.45, 2.75) is 46.7 Å². The second-order valence-electron chi connectivity index (χ2n) is 10.8. The lowest BCUT2D eigenvalue weighted by Gasteiger charge is -2.29. The average molecular weight is 582 g/mol. The summed E-state index contributed by atoms with van der Waals surface area (Å²) in [5.41, 5.74) is 7.70. The third-order valence-electron chi connectivity index (χ3n) is 7.71. The second-order valence-corrected chi connectivity index (χ2v) is 11.2. The van der Waals surface area contributed by atoms with Crippen LogP contribution in [0.1, 0.15) is 64.5 Å². The van der Waals surface area contributed by atoms with E-state index in [1.54, 1.807) is 12.3 Å². The topological polar surface area (TPSA) is 88.5 Å². The molecule has 1 amide bonds. The minimum Gasteiger partial charge on any atom is -0.465 e. The van der Waals surface area contributed by atoms with Crippen LogP contribution in [-0.4, -0.2) is 33.6 Å². The van der Waals surface area contributed by atoms with Gasteiger partial charge in [0.2, 0.25) is 5.91 Å². The molecular weight excluding hydrogens is 546 g/mol. The van der Waals surface area contributed by atoms with Gasteiger partial charge in [0.25, 0.3) is 0 Å². The van der Waals surface area contributed by atoms with Gasteiger partial charge in [-0.2, -0.15) is 0 Å². The first-order valence-electron chi connectivity index (χ1n) is 13.9. The molecule has 2 aromatic carbocycles. The summed E-state index contributed by atoms with van der Waals surface area (Å²) >= 11 is 5.95. The quantitative estimate of drug-likeness (QED) is 0.194. The van der Waals surface area contributed by atoms with Crippen molar-refractivity contribution in [1.29, 1.82) is 0 Å². The number of carbonyl (C=O) groups excluding carboxylic acids is 2. The van der Waals surface area contributed by atoms with Crippen LogP contribution in [0, 0.1) is 26.7 Å². The lowest BCUT2D eigenvalue weighted by molar-refractivity contribution is -0.118. The number of hydrogen-bond donors (Lipinski definition) is 2. The molecule has 0 unspecified atom stereocenters. The van der Waals surface area contributed by atoms with Crippen LogP contribution in [0.4, 0.5) is 11.4 Å². The monoisotopic (exact) mass is 581 g/mol. The first kappa shape index (κ1) is 29.0. The molecule has 8 nitrogen and oxygen atoms in total. The highest BCUT2D eigenvalue weighted by Gasteiger charge is 2.42. The van der Waals surface area contributed by atoms with Crippen LogP contribution < -0.4 is 15.5 Å². The number of aromatic nitrogens is 2.